The number of nitrogens with one attached hydrogen (secondary N) is 2. The first-order chi connectivity index (χ1) is 9.79. The fourth-order valence-corrected chi connectivity index (χ4v) is 2.94. The van der Waals surface area contributed by atoms with Gasteiger partial charge in [0, 0.05) is 12.6 Å². The Morgan fingerprint density at radius 2 is 2.00 bits per heavy atom. The molecule has 1 saturated carbocycles. The van der Waals surface area contributed by atoms with Crippen molar-refractivity contribution in [2.45, 2.75) is 36.7 Å². The highest BCUT2D eigenvalue weighted by molar-refractivity contribution is 7.89. The topological polar surface area (TPSA) is 58.2 Å². The summed E-state index contributed by atoms with van der Waals surface area (Å²) in [5.41, 5.74) is 0.279. The van der Waals surface area contributed by atoms with E-state index in [9.17, 15) is 21.6 Å². The molecule has 0 bridgehead atoms. The zero-order chi connectivity index (χ0) is 15.6. The van der Waals surface area contributed by atoms with E-state index >= 15 is 0 Å². The van der Waals surface area contributed by atoms with Crippen molar-refractivity contribution in [3.05, 3.63) is 28.5 Å². The molecule has 0 atom stereocenters. The van der Waals surface area contributed by atoms with Gasteiger partial charge in [-0.05, 0) is 30.5 Å². The van der Waals surface area contributed by atoms with Crippen LogP contribution in [0.25, 0.3) is 0 Å². The van der Waals surface area contributed by atoms with Gasteiger partial charge >= 0.3 is 0 Å². The molecule has 1 aromatic rings. The zero-order valence-electron chi connectivity index (χ0n) is 10.9. The second-order valence-corrected chi connectivity index (χ2v) is 6.92. The van der Waals surface area contributed by atoms with Crippen LogP contribution in [0.5, 0.6) is 0 Å². The average molecular weight is 343 g/mol. The van der Waals surface area contributed by atoms with Gasteiger partial charge < -0.3 is 5.32 Å². The standard InChI is InChI=1S/C12H14ClF3N2O2S/c13-12-7(5-17-8-1-2-8)3-9(4-10(12)14)21(19,20)18-6-11(15)16/h3-4,8,11,17-18H,1-2,5-6H2. The molecule has 0 unspecified atom stereocenters. The number of hydrogen-bond donors (Lipinski definition) is 2. The summed E-state index contributed by atoms with van der Waals surface area (Å²) in [7, 11) is -4.20. The van der Waals surface area contributed by atoms with Crippen LogP contribution in [0.3, 0.4) is 0 Å². The first kappa shape index (κ1) is 16.5. The second kappa shape index (κ2) is 6.51. The van der Waals surface area contributed by atoms with Crippen molar-refractivity contribution in [1.29, 1.82) is 0 Å². The molecule has 1 aliphatic carbocycles. The van der Waals surface area contributed by atoms with Gasteiger partial charge in [0.2, 0.25) is 10.0 Å². The Kier molecular flexibility index (Phi) is 5.13. The molecule has 0 heterocycles. The summed E-state index contributed by atoms with van der Waals surface area (Å²) < 4.78 is 63.3. The largest absolute Gasteiger partial charge is 0.310 e. The van der Waals surface area contributed by atoms with Crippen LogP contribution in [0, 0.1) is 5.82 Å². The molecule has 2 N–H and O–H groups in total. The zero-order valence-corrected chi connectivity index (χ0v) is 12.4. The molecule has 118 valence electrons. The van der Waals surface area contributed by atoms with E-state index in [1.807, 2.05) is 0 Å². The first-order valence-electron chi connectivity index (χ1n) is 6.28. The van der Waals surface area contributed by atoms with Crippen molar-refractivity contribution < 1.29 is 21.6 Å². The monoisotopic (exact) mass is 342 g/mol. The molecule has 9 heteroatoms. The van der Waals surface area contributed by atoms with Crippen LogP contribution in [-0.2, 0) is 16.6 Å². The first-order valence-corrected chi connectivity index (χ1v) is 8.15. The van der Waals surface area contributed by atoms with E-state index in [0.717, 1.165) is 18.9 Å². The molecule has 0 aromatic heterocycles. The SMILES string of the molecule is O=S(=O)(NCC(F)F)c1cc(F)c(Cl)c(CNC2CC2)c1. The fraction of sp³-hybridized carbons (Fsp3) is 0.500. The van der Waals surface area contributed by atoms with Gasteiger partial charge in [-0.3, -0.25) is 0 Å². The Morgan fingerprint density at radius 1 is 1.33 bits per heavy atom. The van der Waals surface area contributed by atoms with E-state index in [4.69, 9.17) is 11.6 Å². The van der Waals surface area contributed by atoms with Crippen molar-refractivity contribution in [1.82, 2.24) is 10.0 Å². The van der Waals surface area contributed by atoms with Gasteiger partial charge in [-0.1, -0.05) is 11.6 Å². The van der Waals surface area contributed by atoms with Crippen LogP contribution < -0.4 is 10.0 Å². The van der Waals surface area contributed by atoms with E-state index in [1.54, 1.807) is 4.72 Å². The van der Waals surface area contributed by atoms with E-state index < -0.39 is 33.7 Å². The average Bonchev–Trinajstić information content (AvgIpc) is 3.22. The summed E-state index contributed by atoms with van der Waals surface area (Å²) in [6.07, 6.45) is -0.810. The van der Waals surface area contributed by atoms with Gasteiger partial charge in [0.15, 0.2) is 0 Å². The summed E-state index contributed by atoms with van der Waals surface area (Å²) in [5, 5.41) is 2.91. The van der Waals surface area contributed by atoms with Crippen LogP contribution in [0.4, 0.5) is 13.2 Å². The minimum atomic E-state index is -4.20. The van der Waals surface area contributed by atoms with Gasteiger partial charge in [0.1, 0.15) is 5.82 Å². The lowest BCUT2D eigenvalue weighted by atomic mass is 10.2. The molecule has 0 spiro atoms. The molecular weight excluding hydrogens is 329 g/mol. The maximum atomic E-state index is 13.7. The molecule has 1 aromatic carbocycles. The lowest BCUT2D eigenvalue weighted by molar-refractivity contribution is 0.153. The highest BCUT2D eigenvalue weighted by Gasteiger charge is 2.23. The lowest BCUT2D eigenvalue weighted by Crippen LogP contribution is -2.29. The van der Waals surface area contributed by atoms with Crippen molar-refractivity contribution in [2.24, 2.45) is 0 Å². The van der Waals surface area contributed by atoms with Gasteiger partial charge in [-0.15, -0.1) is 0 Å². The summed E-state index contributed by atoms with van der Waals surface area (Å²) in [6, 6.07) is 2.24. The number of sulfonamides is 1. The molecule has 0 amide bonds. The molecular formula is C12H14ClF3N2O2S. The summed E-state index contributed by atoms with van der Waals surface area (Å²) in [4.78, 5) is -0.419. The molecule has 0 radical (unpaired) electrons. The Morgan fingerprint density at radius 3 is 2.57 bits per heavy atom. The van der Waals surface area contributed by atoms with Gasteiger partial charge in [-0.25, -0.2) is 26.3 Å². The minimum Gasteiger partial charge on any atom is -0.310 e. The summed E-state index contributed by atoms with van der Waals surface area (Å²) >= 11 is 5.80. The smallest absolute Gasteiger partial charge is 0.251 e. The molecule has 1 aliphatic rings. The van der Waals surface area contributed by atoms with Crippen molar-refractivity contribution >= 4 is 21.6 Å². The van der Waals surface area contributed by atoms with Crippen LogP contribution in [0.1, 0.15) is 18.4 Å². The third kappa shape index (κ3) is 4.57. The molecule has 21 heavy (non-hydrogen) atoms. The van der Waals surface area contributed by atoms with E-state index in [-0.39, 0.29) is 17.1 Å². The van der Waals surface area contributed by atoms with E-state index in [2.05, 4.69) is 5.32 Å². The number of benzene rings is 1. The van der Waals surface area contributed by atoms with Gasteiger partial charge in [0.05, 0.1) is 16.5 Å². The number of halogens is 4. The molecule has 4 nitrogen and oxygen atoms in total. The Labute approximate surface area is 125 Å². The van der Waals surface area contributed by atoms with E-state index in [1.165, 1.54) is 6.07 Å². The van der Waals surface area contributed by atoms with E-state index in [0.29, 0.717) is 6.04 Å². The number of rotatable bonds is 7. The van der Waals surface area contributed by atoms with Gasteiger partial charge in [0.25, 0.3) is 6.43 Å². The predicted molar refractivity (Wildman–Crippen MR) is 72.5 cm³/mol. The molecule has 2 rings (SSSR count). The van der Waals surface area contributed by atoms with Gasteiger partial charge in [-0.2, -0.15) is 0 Å². The molecule has 1 fully saturated rings. The maximum absolute atomic E-state index is 13.7. The Bertz CT molecular complexity index is 621. The fourth-order valence-electron chi connectivity index (χ4n) is 1.70. The lowest BCUT2D eigenvalue weighted by Gasteiger charge is -2.11. The van der Waals surface area contributed by atoms with Crippen molar-refractivity contribution in [3.63, 3.8) is 0 Å². The van der Waals surface area contributed by atoms with Crippen LogP contribution >= 0.6 is 11.6 Å². The third-order valence-corrected chi connectivity index (χ3v) is 4.80. The quantitative estimate of drug-likeness (QED) is 0.799. The number of alkyl halides is 2. The van der Waals surface area contributed by atoms with Crippen molar-refractivity contribution in [3.8, 4) is 0 Å². The Hall–Kier alpha value is -0.830. The van der Waals surface area contributed by atoms with Crippen LogP contribution in [0.15, 0.2) is 17.0 Å². The third-order valence-electron chi connectivity index (χ3n) is 2.97. The summed E-state index contributed by atoms with van der Waals surface area (Å²) in [6.45, 7) is -0.805. The Balaban J connectivity index is 2.22. The predicted octanol–water partition coefficient (Wildman–Crippen LogP) is 2.27. The van der Waals surface area contributed by atoms with Crippen LogP contribution in [0.2, 0.25) is 5.02 Å². The van der Waals surface area contributed by atoms with Crippen molar-refractivity contribution in [2.75, 3.05) is 6.54 Å². The number of hydrogen-bond acceptors (Lipinski definition) is 3. The highest BCUT2D eigenvalue weighted by Crippen LogP contribution is 2.26. The minimum absolute atomic E-state index is 0.170. The maximum Gasteiger partial charge on any atom is 0.251 e. The summed E-state index contributed by atoms with van der Waals surface area (Å²) in [5.74, 6) is -0.899. The highest BCUT2D eigenvalue weighted by atomic mass is 35.5. The molecule has 0 saturated heterocycles. The van der Waals surface area contributed by atoms with Crippen LogP contribution in [-0.4, -0.2) is 27.4 Å². The molecule has 0 aliphatic heterocycles. The normalized spacial score (nSPS) is 15.7. The second-order valence-electron chi connectivity index (χ2n) is 4.78.